The van der Waals surface area contributed by atoms with Crippen molar-refractivity contribution in [3.8, 4) is 0 Å². The number of likely N-dealkylation sites (tertiary alicyclic amines) is 1. The maximum Gasteiger partial charge on any atom is 0.0180 e. The first-order chi connectivity index (χ1) is 7.25. The van der Waals surface area contributed by atoms with E-state index in [9.17, 15) is 0 Å². The standard InChI is InChI=1S/C13H20N2.ClH/c1-11(12-5-3-2-4-6-12)9-15-8-7-13(14)10-15;/h2-6,11,13H,7-10,14H2,1H3;1H/t11?,13-;/m1./s1. The molecule has 0 radical (unpaired) electrons. The topological polar surface area (TPSA) is 29.3 Å². The van der Waals surface area contributed by atoms with Crippen LogP contribution < -0.4 is 5.73 Å². The molecular weight excluding hydrogens is 220 g/mol. The van der Waals surface area contributed by atoms with Crippen LogP contribution in [0.3, 0.4) is 0 Å². The number of hydrogen-bond donors (Lipinski definition) is 1. The Labute approximate surface area is 104 Å². The minimum absolute atomic E-state index is 0. The molecule has 1 aromatic carbocycles. The molecule has 0 amide bonds. The Morgan fingerprint density at radius 1 is 1.38 bits per heavy atom. The maximum absolute atomic E-state index is 5.90. The second kappa shape index (κ2) is 6.24. The first-order valence-electron chi connectivity index (χ1n) is 5.78. The summed E-state index contributed by atoms with van der Waals surface area (Å²) in [6.45, 7) is 5.66. The third-order valence-electron chi connectivity index (χ3n) is 3.21. The predicted octanol–water partition coefficient (Wildman–Crippen LogP) is 2.24. The lowest BCUT2D eigenvalue weighted by Crippen LogP contribution is -2.29. The lowest BCUT2D eigenvalue weighted by Gasteiger charge is -2.20. The normalized spacial score (nSPS) is 22.8. The van der Waals surface area contributed by atoms with Gasteiger partial charge in [0.05, 0.1) is 0 Å². The molecular formula is C13H21ClN2. The number of nitrogens with two attached hydrogens (primary N) is 1. The van der Waals surface area contributed by atoms with Crippen LogP contribution in [0.2, 0.25) is 0 Å². The second-order valence-electron chi connectivity index (χ2n) is 4.62. The van der Waals surface area contributed by atoms with Gasteiger partial charge < -0.3 is 10.6 Å². The average Bonchev–Trinajstić information content (AvgIpc) is 2.65. The third kappa shape index (κ3) is 3.48. The van der Waals surface area contributed by atoms with E-state index < -0.39 is 0 Å². The molecule has 1 heterocycles. The van der Waals surface area contributed by atoms with Gasteiger partial charge in [-0.3, -0.25) is 0 Å². The van der Waals surface area contributed by atoms with Crippen molar-refractivity contribution < 1.29 is 0 Å². The van der Waals surface area contributed by atoms with Gasteiger partial charge in [-0.15, -0.1) is 12.4 Å². The molecule has 2 nitrogen and oxygen atoms in total. The lowest BCUT2D eigenvalue weighted by atomic mass is 10.0. The second-order valence-corrected chi connectivity index (χ2v) is 4.62. The van der Waals surface area contributed by atoms with E-state index >= 15 is 0 Å². The fourth-order valence-electron chi connectivity index (χ4n) is 2.30. The van der Waals surface area contributed by atoms with Crippen molar-refractivity contribution in [3.63, 3.8) is 0 Å². The molecule has 3 heteroatoms. The van der Waals surface area contributed by atoms with Crippen molar-refractivity contribution in [2.24, 2.45) is 5.73 Å². The summed E-state index contributed by atoms with van der Waals surface area (Å²) in [5.41, 5.74) is 7.33. The van der Waals surface area contributed by atoms with E-state index in [0.717, 1.165) is 19.5 Å². The third-order valence-corrected chi connectivity index (χ3v) is 3.21. The zero-order chi connectivity index (χ0) is 10.7. The Balaban J connectivity index is 0.00000128. The van der Waals surface area contributed by atoms with Gasteiger partial charge in [-0.05, 0) is 24.4 Å². The first kappa shape index (κ1) is 13.5. The van der Waals surface area contributed by atoms with Gasteiger partial charge in [0.15, 0.2) is 0 Å². The van der Waals surface area contributed by atoms with Gasteiger partial charge in [0.1, 0.15) is 0 Å². The van der Waals surface area contributed by atoms with E-state index in [1.54, 1.807) is 0 Å². The minimum Gasteiger partial charge on any atom is -0.326 e. The molecule has 0 saturated carbocycles. The van der Waals surface area contributed by atoms with E-state index in [1.165, 1.54) is 12.1 Å². The lowest BCUT2D eigenvalue weighted by molar-refractivity contribution is 0.317. The molecule has 1 fully saturated rings. The summed E-state index contributed by atoms with van der Waals surface area (Å²) < 4.78 is 0. The van der Waals surface area contributed by atoms with E-state index in [-0.39, 0.29) is 12.4 Å². The largest absolute Gasteiger partial charge is 0.326 e. The molecule has 2 rings (SSSR count). The molecule has 1 aliphatic heterocycles. The van der Waals surface area contributed by atoms with E-state index in [1.807, 2.05) is 0 Å². The highest BCUT2D eigenvalue weighted by Gasteiger charge is 2.20. The van der Waals surface area contributed by atoms with Crippen molar-refractivity contribution in [1.82, 2.24) is 4.90 Å². The Hall–Kier alpha value is -0.570. The van der Waals surface area contributed by atoms with Crippen LogP contribution in [0.1, 0.15) is 24.8 Å². The number of nitrogens with zero attached hydrogens (tertiary/aromatic N) is 1. The fourth-order valence-corrected chi connectivity index (χ4v) is 2.30. The molecule has 0 aromatic heterocycles. The van der Waals surface area contributed by atoms with Crippen LogP contribution in [0.5, 0.6) is 0 Å². The highest BCUT2D eigenvalue weighted by molar-refractivity contribution is 5.85. The molecule has 1 aromatic rings. The van der Waals surface area contributed by atoms with Gasteiger partial charge in [-0.2, -0.15) is 0 Å². The van der Waals surface area contributed by atoms with Crippen molar-refractivity contribution in [2.45, 2.75) is 25.3 Å². The van der Waals surface area contributed by atoms with Gasteiger partial charge in [0, 0.05) is 19.1 Å². The summed E-state index contributed by atoms with van der Waals surface area (Å²) in [5, 5.41) is 0. The predicted molar refractivity (Wildman–Crippen MR) is 71.1 cm³/mol. The monoisotopic (exact) mass is 240 g/mol. The number of halogens is 1. The van der Waals surface area contributed by atoms with E-state index in [0.29, 0.717) is 12.0 Å². The SMILES string of the molecule is CC(CN1CC[C@@H](N)C1)c1ccccc1.Cl. The molecule has 0 bridgehead atoms. The van der Waals surface area contributed by atoms with Crippen molar-refractivity contribution in [2.75, 3.05) is 19.6 Å². The van der Waals surface area contributed by atoms with Crippen molar-refractivity contribution in [1.29, 1.82) is 0 Å². The van der Waals surface area contributed by atoms with Gasteiger partial charge in [0.25, 0.3) is 0 Å². The zero-order valence-electron chi connectivity index (χ0n) is 9.80. The number of benzene rings is 1. The molecule has 90 valence electrons. The summed E-state index contributed by atoms with van der Waals surface area (Å²) in [5.74, 6) is 0.608. The van der Waals surface area contributed by atoms with Gasteiger partial charge in [-0.25, -0.2) is 0 Å². The molecule has 1 aliphatic rings. The summed E-state index contributed by atoms with van der Waals surface area (Å²) in [6.07, 6.45) is 1.15. The Bertz CT molecular complexity index is 302. The quantitative estimate of drug-likeness (QED) is 0.878. The van der Waals surface area contributed by atoms with Crippen LogP contribution in [0.25, 0.3) is 0 Å². The highest BCUT2D eigenvalue weighted by Crippen LogP contribution is 2.18. The van der Waals surface area contributed by atoms with Gasteiger partial charge in [0.2, 0.25) is 0 Å². The first-order valence-corrected chi connectivity index (χ1v) is 5.78. The molecule has 1 saturated heterocycles. The van der Waals surface area contributed by atoms with Crippen molar-refractivity contribution in [3.05, 3.63) is 35.9 Å². The number of hydrogen-bond acceptors (Lipinski definition) is 2. The van der Waals surface area contributed by atoms with Crippen LogP contribution in [0.4, 0.5) is 0 Å². The van der Waals surface area contributed by atoms with E-state index in [4.69, 9.17) is 5.73 Å². The molecule has 2 N–H and O–H groups in total. The van der Waals surface area contributed by atoms with E-state index in [2.05, 4.69) is 42.2 Å². The van der Waals surface area contributed by atoms with Crippen molar-refractivity contribution >= 4 is 12.4 Å². The summed E-state index contributed by atoms with van der Waals surface area (Å²) in [7, 11) is 0. The molecule has 0 spiro atoms. The average molecular weight is 241 g/mol. The maximum atomic E-state index is 5.90. The molecule has 1 unspecified atom stereocenters. The van der Waals surface area contributed by atoms with Crippen LogP contribution >= 0.6 is 12.4 Å². The van der Waals surface area contributed by atoms with Crippen LogP contribution in [0.15, 0.2) is 30.3 Å². The highest BCUT2D eigenvalue weighted by atomic mass is 35.5. The smallest absolute Gasteiger partial charge is 0.0180 e. The Kier molecular flexibility index (Phi) is 5.26. The van der Waals surface area contributed by atoms with Gasteiger partial charge in [-0.1, -0.05) is 37.3 Å². The molecule has 16 heavy (non-hydrogen) atoms. The van der Waals surface area contributed by atoms with Crippen LogP contribution in [-0.2, 0) is 0 Å². The van der Waals surface area contributed by atoms with Crippen LogP contribution in [-0.4, -0.2) is 30.6 Å². The van der Waals surface area contributed by atoms with Gasteiger partial charge >= 0.3 is 0 Å². The molecule has 0 aliphatic carbocycles. The summed E-state index contributed by atoms with van der Waals surface area (Å²) >= 11 is 0. The van der Waals surface area contributed by atoms with Crippen LogP contribution in [0, 0.1) is 0 Å². The Morgan fingerprint density at radius 3 is 2.62 bits per heavy atom. The number of rotatable bonds is 3. The zero-order valence-corrected chi connectivity index (χ0v) is 10.6. The minimum atomic E-state index is 0. The summed E-state index contributed by atoms with van der Waals surface area (Å²) in [6, 6.07) is 11.1. The Morgan fingerprint density at radius 2 is 2.06 bits per heavy atom. The fraction of sp³-hybridized carbons (Fsp3) is 0.538. The molecule has 2 atom stereocenters. The summed E-state index contributed by atoms with van der Waals surface area (Å²) in [4.78, 5) is 2.47.